The van der Waals surface area contributed by atoms with Gasteiger partial charge in [0.15, 0.2) is 5.65 Å². The van der Waals surface area contributed by atoms with Crippen LogP contribution in [-0.4, -0.2) is 24.5 Å². The van der Waals surface area contributed by atoms with E-state index in [0.29, 0.717) is 16.0 Å². The fourth-order valence-corrected chi connectivity index (χ4v) is 3.88. The molecule has 1 aromatic carbocycles. The predicted molar refractivity (Wildman–Crippen MR) is 94.5 cm³/mol. The van der Waals surface area contributed by atoms with Crippen molar-refractivity contribution in [2.45, 2.75) is 11.8 Å². The Morgan fingerprint density at radius 2 is 1.92 bits per heavy atom. The summed E-state index contributed by atoms with van der Waals surface area (Å²) in [5.41, 5.74) is 1.92. The van der Waals surface area contributed by atoms with Crippen molar-refractivity contribution in [3.05, 3.63) is 65.1 Å². The first-order valence-corrected chi connectivity index (χ1v) is 8.94. The molecule has 3 rings (SSSR count). The van der Waals surface area contributed by atoms with Gasteiger partial charge in [-0.3, -0.25) is 0 Å². The highest BCUT2D eigenvalue weighted by Gasteiger charge is 2.21. The lowest BCUT2D eigenvalue weighted by Crippen LogP contribution is -2.12. The maximum atomic E-state index is 12.8. The number of hydrogen-bond acceptors (Lipinski definition) is 4. The number of aryl methyl sites for hydroxylation is 1. The van der Waals surface area contributed by atoms with E-state index in [2.05, 4.69) is 4.98 Å². The first kappa shape index (κ1) is 16.5. The number of halogens is 1. The fourth-order valence-electron chi connectivity index (χ4n) is 2.32. The Hall–Kier alpha value is -2.31. The second-order valence-corrected chi connectivity index (χ2v) is 7.43. The molecular weight excluding hydrogens is 348 g/mol. The van der Waals surface area contributed by atoms with Crippen LogP contribution in [0.15, 0.2) is 53.9 Å². The van der Waals surface area contributed by atoms with Gasteiger partial charge >= 0.3 is 0 Å². The van der Waals surface area contributed by atoms with Crippen LogP contribution >= 0.6 is 11.6 Å². The average Bonchev–Trinajstić information content (AvgIpc) is 3.00. The van der Waals surface area contributed by atoms with E-state index in [1.54, 1.807) is 36.4 Å². The number of methoxy groups -OCH3 is 1. The van der Waals surface area contributed by atoms with Crippen LogP contribution in [0.2, 0.25) is 5.02 Å². The number of nitrogens with zero attached hydrogens (tertiary/aromatic N) is 2. The molecule has 2 heterocycles. The third kappa shape index (κ3) is 2.79. The number of aromatic nitrogens is 2. The Balaban J connectivity index is 2.16. The lowest BCUT2D eigenvalue weighted by molar-refractivity contribution is 0.341. The quantitative estimate of drug-likeness (QED) is 0.661. The van der Waals surface area contributed by atoms with Gasteiger partial charge in [0.1, 0.15) is 0 Å². The van der Waals surface area contributed by atoms with Gasteiger partial charge in [-0.1, -0.05) is 29.3 Å². The molecule has 0 fully saturated rings. The summed E-state index contributed by atoms with van der Waals surface area (Å²) in [6.45, 7) is 1.90. The van der Waals surface area contributed by atoms with Gasteiger partial charge in [0.2, 0.25) is 0 Å². The van der Waals surface area contributed by atoms with Crippen molar-refractivity contribution in [3.63, 3.8) is 0 Å². The van der Waals surface area contributed by atoms with Gasteiger partial charge in [0.05, 0.1) is 23.3 Å². The Labute approximate surface area is 145 Å². The highest BCUT2D eigenvalue weighted by molar-refractivity contribution is 7.90. The Morgan fingerprint density at radius 1 is 1.21 bits per heavy atom. The van der Waals surface area contributed by atoms with E-state index in [-0.39, 0.29) is 10.5 Å². The first-order chi connectivity index (χ1) is 11.4. The maximum absolute atomic E-state index is 12.8. The SMILES string of the molecule is COC=Cc1cnc2c(ccn2S(=O)(=O)c2ccc(C)cc2)c1Cl. The van der Waals surface area contributed by atoms with Crippen molar-refractivity contribution < 1.29 is 13.2 Å². The summed E-state index contributed by atoms with van der Waals surface area (Å²) in [6.07, 6.45) is 6.12. The number of ether oxygens (including phenoxy) is 1. The Kier molecular flexibility index (Phi) is 4.34. The highest BCUT2D eigenvalue weighted by Crippen LogP contribution is 2.29. The van der Waals surface area contributed by atoms with Gasteiger partial charge in [-0.2, -0.15) is 0 Å². The summed E-state index contributed by atoms with van der Waals surface area (Å²) in [6, 6.07) is 8.31. The van der Waals surface area contributed by atoms with E-state index in [1.165, 1.54) is 25.8 Å². The lowest BCUT2D eigenvalue weighted by Gasteiger charge is -2.08. The summed E-state index contributed by atoms with van der Waals surface area (Å²) in [5, 5.41) is 0.983. The van der Waals surface area contributed by atoms with Crippen molar-refractivity contribution >= 4 is 38.7 Å². The second kappa shape index (κ2) is 6.30. The van der Waals surface area contributed by atoms with Crippen LogP contribution in [0.4, 0.5) is 0 Å². The molecule has 24 heavy (non-hydrogen) atoms. The van der Waals surface area contributed by atoms with Gasteiger partial charge in [-0.25, -0.2) is 17.4 Å². The van der Waals surface area contributed by atoms with Gasteiger partial charge in [-0.15, -0.1) is 0 Å². The minimum Gasteiger partial charge on any atom is -0.504 e. The molecule has 0 N–H and O–H groups in total. The zero-order valence-electron chi connectivity index (χ0n) is 13.1. The number of fused-ring (bicyclic) bond motifs is 1. The van der Waals surface area contributed by atoms with Crippen LogP contribution in [0, 0.1) is 6.92 Å². The highest BCUT2D eigenvalue weighted by atomic mass is 35.5. The molecule has 0 unspecified atom stereocenters. The van der Waals surface area contributed by atoms with Gasteiger partial charge in [-0.05, 0) is 31.2 Å². The summed E-state index contributed by atoms with van der Waals surface area (Å²) in [5.74, 6) is 0. The number of rotatable bonds is 4. The Morgan fingerprint density at radius 3 is 2.58 bits per heavy atom. The molecule has 0 saturated heterocycles. The van der Waals surface area contributed by atoms with Gasteiger partial charge in [0.25, 0.3) is 10.0 Å². The van der Waals surface area contributed by atoms with Gasteiger partial charge in [0, 0.05) is 23.3 Å². The molecule has 2 aromatic heterocycles. The summed E-state index contributed by atoms with van der Waals surface area (Å²) >= 11 is 6.35. The molecule has 5 nitrogen and oxygen atoms in total. The average molecular weight is 363 g/mol. The van der Waals surface area contributed by atoms with Gasteiger partial charge < -0.3 is 4.74 Å². The van der Waals surface area contributed by atoms with Crippen molar-refractivity contribution in [2.24, 2.45) is 0 Å². The van der Waals surface area contributed by atoms with Crippen molar-refractivity contribution in [1.82, 2.24) is 8.96 Å². The normalized spacial score (nSPS) is 12.1. The molecule has 0 bridgehead atoms. The molecule has 0 aliphatic carbocycles. The monoisotopic (exact) mass is 362 g/mol. The molecule has 0 atom stereocenters. The lowest BCUT2D eigenvalue weighted by atomic mass is 10.2. The van der Waals surface area contributed by atoms with Crippen LogP contribution in [0.5, 0.6) is 0 Å². The van der Waals surface area contributed by atoms with E-state index in [1.807, 2.05) is 6.92 Å². The summed E-state index contributed by atoms with van der Waals surface area (Å²) in [4.78, 5) is 4.46. The van der Waals surface area contributed by atoms with Crippen molar-refractivity contribution in [3.8, 4) is 0 Å². The van der Waals surface area contributed by atoms with E-state index in [0.717, 1.165) is 9.54 Å². The topological polar surface area (TPSA) is 61.2 Å². The molecule has 0 spiro atoms. The molecule has 124 valence electrons. The van der Waals surface area contributed by atoms with Crippen LogP contribution in [-0.2, 0) is 14.8 Å². The van der Waals surface area contributed by atoms with Crippen molar-refractivity contribution in [2.75, 3.05) is 7.11 Å². The second-order valence-electron chi connectivity index (χ2n) is 5.23. The molecule has 0 radical (unpaired) electrons. The summed E-state index contributed by atoms with van der Waals surface area (Å²) in [7, 11) is -2.20. The molecule has 0 aliphatic rings. The number of benzene rings is 1. The molecule has 0 saturated carbocycles. The minimum absolute atomic E-state index is 0.201. The molecule has 0 aliphatic heterocycles. The maximum Gasteiger partial charge on any atom is 0.269 e. The standard InChI is InChI=1S/C17H15ClN2O3S/c1-12-3-5-14(6-4-12)24(21,22)20-9-7-15-16(18)13(8-10-23-2)11-19-17(15)20/h3-11H,1-2H3. The van der Waals surface area contributed by atoms with Crippen LogP contribution in [0.3, 0.4) is 0 Å². The van der Waals surface area contributed by atoms with E-state index in [4.69, 9.17) is 16.3 Å². The third-order valence-corrected chi connectivity index (χ3v) is 5.71. The fraction of sp³-hybridized carbons (Fsp3) is 0.118. The van der Waals surface area contributed by atoms with Crippen LogP contribution in [0.1, 0.15) is 11.1 Å². The number of hydrogen-bond donors (Lipinski definition) is 0. The molecule has 7 heteroatoms. The van der Waals surface area contributed by atoms with Crippen molar-refractivity contribution in [1.29, 1.82) is 0 Å². The zero-order valence-corrected chi connectivity index (χ0v) is 14.7. The number of pyridine rings is 1. The summed E-state index contributed by atoms with van der Waals surface area (Å²) < 4.78 is 31.7. The minimum atomic E-state index is -3.73. The Bertz CT molecular complexity index is 1020. The third-order valence-electron chi connectivity index (χ3n) is 3.60. The largest absolute Gasteiger partial charge is 0.504 e. The van der Waals surface area contributed by atoms with E-state index in [9.17, 15) is 8.42 Å². The first-order valence-electron chi connectivity index (χ1n) is 7.12. The van der Waals surface area contributed by atoms with E-state index < -0.39 is 10.0 Å². The molecular formula is C17H15ClN2O3S. The zero-order chi connectivity index (χ0) is 17.3. The van der Waals surface area contributed by atoms with Crippen LogP contribution < -0.4 is 0 Å². The molecule has 3 aromatic rings. The predicted octanol–water partition coefficient (Wildman–Crippen LogP) is 3.85. The molecule has 0 amide bonds. The van der Waals surface area contributed by atoms with Crippen LogP contribution in [0.25, 0.3) is 17.1 Å². The smallest absolute Gasteiger partial charge is 0.269 e. The van der Waals surface area contributed by atoms with E-state index >= 15 is 0 Å².